The summed E-state index contributed by atoms with van der Waals surface area (Å²) in [6.45, 7) is 1.58. The monoisotopic (exact) mass is 360 g/mol. The number of benzene rings is 2. The molecule has 27 heavy (non-hydrogen) atoms. The maximum absolute atomic E-state index is 13.1. The van der Waals surface area contributed by atoms with Gasteiger partial charge in [0.25, 0.3) is 0 Å². The van der Waals surface area contributed by atoms with Crippen LogP contribution in [0.2, 0.25) is 0 Å². The lowest BCUT2D eigenvalue weighted by Crippen LogP contribution is -2.42. The first-order chi connectivity index (χ1) is 13.3. The number of aromatic nitrogens is 1. The Bertz CT molecular complexity index is 917. The van der Waals surface area contributed by atoms with Crippen LogP contribution in [0.5, 0.6) is 5.75 Å². The fraction of sp³-hybridized carbons (Fsp3) is 0.261. The molecule has 0 N–H and O–H groups in total. The van der Waals surface area contributed by atoms with E-state index in [9.17, 15) is 4.79 Å². The number of hydrogen-bond acceptors (Lipinski definition) is 2. The molecule has 0 fully saturated rings. The summed E-state index contributed by atoms with van der Waals surface area (Å²) in [6.07, 6.45) is 3.32. The van der Waals surface area contributed by atoms with E-state index in [2.05, 4.69) is 35.0 Å². The summed E-state index contributed by atoms with van der Waals surface area (Å²) in [5.74, 6) is 1.03. The lowest BCUT2D eigenvalue weighted by molar-refractivity contribution is -0.133. The third-order valence-electron chi connectivity index (χ3n) is 5.24. The molecule has 1 aromatic heterocycles. The molecule has 1 aliphatic heterocycles. The highest BCUT2D eigenvalue weighted by atomic mass is 16.5. The Morgan fingerprint density at radius 2 is 1.89 bits per heavy atom. The second-order valence-electron chi connectivity index (χ2n) is 6.88. The molecule has 0 spiro atoms. The van der Waals surface area contributed by atoms with Gasteiger partial charge in [0.05, 0.1) is 13.2 Å². The van der Waals surface area contributed by atoms with Gasteiger partial charge in [0.2, 0.25) is 5.91 Å². The molecular weight excluding hydrogens is 336 g/mol. The first-order valence-electron chi connectivity index (χ1n) is 9.38. The van der Waals surface area contributed by atoms with Crippen molar-refractivity contribution in [2.24, 2.45) is 0 Å². The SMILES string of the molecule is COc1cccc(CCC(=O)N2CCn3cccc3C2c2ccccc2)c1. The molecule has 1 amide bonds. The molecule has 1 aliphatic rings. The number of nitrogens with zero attached hydrogens (tertiary/aromatic N) is 2. The fourth-order valence-corrected chi connectivity index (χ4v) is 3.86. The van der Waals surface area contributed by atoms with Crippen LogP contribution in [-0.4, -0.2) is 29.0 Å². The zero-order valence-corrected chi connectivity index (χ0v) is 15.5. The van der Waals surface area contributed by atoms with Crippen LogP contribution in [0.15, 0.2) is 72.9 Å². The molecule has 1 unspecified atom stereocenters. The van der Waals surface area contributed by atoms with Crippen molar-refractivity contribution in [2.45, 2.75) is 25.4 Å². The summed E-state index contributed by atoms with van der Waals surface area (Å²) in [7, 11) is 1.66. The van der Waals surface area contributed by atoms with Crippen molar-refractivity contribution in [1.82, 2.24) is 9.47 Å². The number of carbonyl (C=O) groups is 1. The lowest BCUT2D eigenvalue weighted by atomic mass is 9.99. The summed E-state index contributed by atoms with van der Waals surface area (Å²) >= 11 is 0. The first kappa shape index (κ1) is 17.4. The number of methoxy groups -OCH3 is 1. The Morgan fingerprint density at radius 3 is 2.70 bits per heavy atom. The van der Waals surface area contributed by atoms with E-state index >= 15 is 0 Å². The summed E-state index contributed by atoms with van der Waals surface area (Å²) in [5, 5.41) is 0. The second kappa shape index (κ2) is 7.70. The van der Waals surface area contributed by atoms with E-state index in [1.807, 2.05) is 47.4 Å². The number of ether oxygens (including phenoxy) is 1. The molecule has 4 nitrogen and oxygen atoms in total. The van der Waals surface area contributed by atoms with Gasteiger partial charge < -0.3 is 14.2 Å². The molecule has 1 atom stereocenters. The van der Waals surface area contributed by atoms with Gasteiger partial charge in [-0.2, -0.15) is 0 Å². The van der Waals surface area contributed by atoms with E-state index < -0.39 is 0 Å². The Labute approximate surface area is 160 Å². The molecule has 4 rings (SSSR count). The molecular formula is C23H24N2O2. The van der Waals surface area contributed by atoms with E-state index in [1.54, 1.807) is 7.11 Å². The number of rotatable bonds is 5. The van der Waals surface area contributed by atoms with Gasteiger partial charge in [-0.1, -0.05) is 42.5 Å². The minimum Gasteiger partial charge on any atom is -0.497 e. The van der Waals surface area contributed by atoms with Gasteiger partial charge in [0.1, 0.15) is 5.75 Å². The molecule has 0 saturated carbocycles. The summed E-state index contributed by atoms with van der Waals surface area (Å²) in [6, 6.07) is 22.4. The van der Waals surface area contributed by atoms with Gasteiger partial charge in [0, 0.05) is 31.4 Å². The molecule has 2 aromatic carbocycles. The predicted octanol–water partition coefficient (Wildman–Crippen LogP) is 4.06. The Morgan fingerprint density at radius 1 is 1.04 bits per heavy atom. The molecule has 0 radical (unpaired) electrons. The van der Waals surface area contributed by atoms with Crippen LogP contribution in [0, 0.1) is 0 Å². The average molecular weight is 360 g/mol. The Kier molecular flexibility index (Phi) is 4.97. The maximum Gasteiger partial charge on any atom is 0.223 e. The van der Waals surface area contributed by atoms with E-state index in [-0.39, 0.29) is 11.9 Å². The van der Waals surface area contributed by atoms with E-state index in [4.69, 9.17) is 4.74 Å². The van der Waals surface area contributed by atoms with Gasteiger partial charge >= 0.3 is 0 Å². The van der Waals surface area contributed by atoms with Crippen LogP contribution in [0.3, 0.4) is 0 Å². The number of carbonyl (C=O) groups excluding carboxylic acids is 1. The topological polar surface area (TPSA) is 34.5 Å². The Balaban J connectivity index is 1.55. The van der Waals surface area contributed by atoms with Crippen LogP contribution < -0.4 is 4.74 Å². The highest BCUT2D eigenvalue weighted by molar-refractivity contribution is 5.77. The fourth-order valence-electron chi connectivity index (χ4n) is 3.86. The van der Waals surface area contributed by atoms with Crippen LogP contribution in [-0.2, 0) is 17.8 Å². The van der Waals surface area contributed by atoms with Gasteiger partial charge in [-0.3, -0.25) is 4.79 Å². The largest absolute Gasteiger partial charge is 0.497 e. The van der Waals surface area contributed by atoms with E-state index in [1.165, 1.54) is 5.69 Å². The Hall–Kier alpha value is -3.01. The lowest BCUT2D eigenvalue weighted by Gasteiger charge is -2.37. The zero-order chi connectivity index (χ0) is 18.6. The van der Waals surface area contributed by atoms with Gasteiger partial charge in [-0.05, 0) is 41.8 Å². The number of aryl methyl sites for hydroxylation is 1. The third-order valence-corrected chi connectivity index (χ3v) is 5.24. The molecule has 3 aromatic rings. The molecule has 0 aliphatic carbocycles. The quantitative estimate of drug-likeness (QED) is 0.688. The normalized spacial score (nSPS) is 16.0. The van der Waals surface area contributed by atoms with Gasteiger partial charge in [-0.25, -0.2) is 0 Å². The van der Waals surface area contributed by atoms with Crippen molar-refractivity contribution in [3.63, 3.8) is 0 Å². The molecule has 138 valence electrons. The smallest absolute Gasteiger partial charge is 0.223 e. The maximum atomic E-state index is 13.1. The van der Waals surface area contributed by atoms with Crippen LogP contribution in [0.4, 0.5) is 0 Å². The predicted molar refractivity (Wildman–Crippen MR) is 106 cm³/mol. The molecule has 4 heteroatoms. The van der Waals surface area contributed by atoms with Gasteiger partial charge in [-0.15, -0.1) is 0 Å². The summed E-state index contributed by atoms with van der Waals surface area (Å²) < 4.78 is 7.54. The van der Waals surface area contributed by atoms with Crippen molar-refractivity contribution in [2.75, 3.05) is 13.7 Å². The second-order valence-corrected chi connectivity index (χ2v) is 6.88. The first-order valence-corrected chi connectivity index (χ1v) is 9.38. The minimum absolute atomic E-state index is 0.0206. The van der Waals surface area contributed by atoms with Crippen LogP contribution in [0.1, 0.15) is 29.3 Å². The van der Waals surface area contributed by atoms with Crippen molar-refractivity contribution in [3.05, 3.63) is 89.7 Å². The highest BCUT2D eigenvalue weighted by Crippen LogP contribution is 2.32. The van der Waals surface area contributed by atoms with E-state index in [0.717, 1.165) is 36.4 Å². The number of amides is 1. The highest BCUT2D eigenvalue weighted by Gasteiger charge is 2.31. The van der Waals surface area contributed by atoms with Crippen molar-refractivity contribution in [1.29, 1.82) is 0 Å². The van der Waals surface area contributed by atoms with Crippen molar-refractivity contribution in [3.8, 4) is 5.75 Å². The molecule has 0 bridgehead atoms. The van der Waals surface area contributed by atoms with Crippen molar-refractivity contribution < 1.29 is 9.53 Å². The zero-order valence-electron chi connectivity index (χ0n) is 15.5. The summed E-state index contributed by atoms with van der Waals surface area (Å²) in [5.41, 5.74) is 3.47. The third kappa shape index (κ3) is 3.61. The number of fused-ring (bicyclic) bond motifs is 1. The van der Waals surface area contributed by atoms with Crippen LogP contribution >= 0.6 is 0 Å². The average Bonchev–Trinajstić information content (AvgIpc) is 3.21. The van der Waals surface area contributed by atoms with Gasteiger partial charge in [0.15, 0.2) is 0 Å². The molecule has 0 saturated heterocycles. The van der Waals surface area contributed by atoms with Crippen molar-refractivity contribution >= 4 is 5.91 Å². The van der Waals surface area contributed by atoms with Crippen LogP contribution in [0.25, 0.3) is 0 Å². The molecule has 2 heterocycles. The standard InChI is InChI=1S/C23H24N2O2/c1-27-20-10-5-7-18(17-20)12-13-22(26)25-16-15-24-14-6-11-21(24)23(25)19-8-3-2-4-9-19/h2-11,14,17,23H,12-13,15-16H2,1H3. The number of hydrogen-bond donors (Lipinski definition) is 0. The minimum atomic E-state index is -0.0206. The summed E-state index contributed by atoms with van der Waals surface area (Å²) in [4.78, 5) is 15.2. The van der Waals surface area contributed by atoms with E-state index in [0.29, 0.717) is 6.42 Å².